The maximum absolute atomic E-state index is 13.2. The fourth-order valence-corrected chi connectivity index (χ4v) is 3.30. The van der Waals surface area contributed by atoms with E-state index in [1.807, 2.05) is 37.3 Å². The molecule has 0 saturated carbocycles. The Morgan fingerprint density at radius 2 is 1.66 bits per heavy atom. The second kappa shape index (κ2) is 9.09. The standard InChI is InChI=1S/C21H18F3N3OS/c1-14(15-8-4-2-5-9-15)25-19(28)13-29-20-26-17(16-10-6-3-7-11-16)12-18(27-20)21(22,23)24/h2-12,14H,13H2,1H3,(H,25,28). The summed E-state index contributed by atoms with van der Waals surface area (Å²) in [6, 6.07) is 18.6. The number of alkyl halides is 3. The number of carbonyl (C=O) groups is 1. The Balaban J connectivity index is 1.73. The molecule has 0 spiro atoms. The van der Waals surface area contributed by atoms with E-state index in [9.17, 15) is 18.0 Å². The first-order valence-electron chi connectivity index (χ1n) is 8.82. The van der Waals surface area contributed by atoms with Gasteiger partial charge < -0.3 is 5.32 Å². The van der Waals surface area contributed by atoms with Crippen LogP contribution in [0.15, 0.2) is 71.9 Å². The van der Waals surface area contributed by atoms with Crippen LogP contribution in [0.3, 0.4) is 0 Å². The molecular weight excluding hydrogens is 399 g/mol. The van der Waals surface area contributed by atoms with Gasteiger partial charge in [0, 0.05) is 5.56 Å². The molecule has 1 aromatic heterocycles. The Kier molecular flexibility index (Phi) is 6.53. The van der Waals surface area contributed by atoms with Crippen molar-refractivity contribution < 1.29 is 18.0 Å². The Morgan fingerprint density at radius 1 is 1.03 bits per heavy atom. The third kappa shape index (κ3) is 5.80. The molecule has 0 fully saturated rings. The molecule has 150 valence electrons. The van der Waals surface area contributed by atoms with Gasteiger partial charge in [0.1, 0.15) is 5.69 Å². The summed E-state index contributed by atoms with van der Waals surface area (Å²) in [5, 5.41) is 2.72. The van der Waals surface area contributed by atoms with E-state index in [4.69, 9.17) is 0 Å². The summed E-state index contributed by atoms with van der Waals surface area (Å²) in [5.41, 5.74) is 0.609. The van der Waals surface area contributed by atoms with E-state index in [1.54, 1.807) is 30.3 Å². The topological polar surface area (TPSA) is 54.9 Å². The molecule has 0 bridgehead atoms. The lowest BCUT2D eigenvalue weighted by atomic mass is 10.1. The molecule has 0 aliphatic rings. The van der Waals surface area contributed by atoms with Crippen LogP contribution >= 0.6 is 11.8 Å². The Labute approximate surface area is 170 Å². The van der Waals surface area contributed by atoms with Gasteiger partial charge in [0.05, 0.1) is 17.5 Å². The summed E-state index contributed by atoms with van der Waals surface area (Å²) in [6.07, 6.45) is -4.61. The van der Waals surface area contributed by atoms with E-state index in [2.05, 4.69) is 15.3 Å². The van der Waals surface area contributed by atoms with Crippen LogP contribution in [0.4, 0.5) is 13.2 Å². The third-order valence-corrected chi connectivity index (χ3v) is 4.92. The van der Waals surface area contributed by atoms with E-state index < -0.39 is 11.9 Å². The lowest BCUT2D eigenvalue weighted by molar-refractivity contribution is -0.141. The summed E-state index contributed by atoms with van der Waals surface area (Å²) in [4.78, 5) is 20.0. The second-order valence-corrected chi connectivity index (χ2v) is 7.22. The van der Waals surface area contributed by atoms with E-state index in [-0.39, 0.29) is 28.6 Å². The maximum Gasteiger partial charge on any atom is 0.433 e. The maximum atomic E-state index is 13.2. The van der Waals surface area contributed by atoms with Gasteiger partial charge in [0.2, 0.25) is 5.91 Å². The van der Waals surface area contributed by atoms with Gasteiger partial charge in [-0.05, 0) is 18.6 Å². The number of nitrogens with zero attached hydrogens (tertiary/aromatic N) is 2. The minimum Gasteiger partial charge on any atom is -0.349 e. The van der Waals surface area contributed by atoms with Crippen molar-refractivity contribution in [2.24, 2.45) is 0 Å². The number of nitrogens with one attached hydrogen (secondary N) is 1. The zero-order valence-electron chi connectivity index (χ0n) is 15.5. The van der Waals surface area contributed by atoms with Crippen molar-refractivity contribution in [3.8, 4) is 11.3 Å². The van der Waals surface area contributed by atoms with Crippen LogP contribution in [0.1, 0.15) is 24.2 Å². The van der Waals surface area contributed by atoms with E-state index in [0.29, 0.717) is 5.56 Å². The van der Waals surface area contributed by atoms with Gasteiger partial charge in [-0.15, -0.1) is 0 Å². The van der Waals surface area contributed by atoms with Crippen molar-refractivity contribution in [3.63, 3.8) is 0 Å². The van der Waals surface area contributed by atoms with E-state index >= 15 is 0 Å². The Hall–Kier alpha value is -2.87. The summed E-state index contributed by atoms with van der Waals surface area (Å²) in [5.74, 6) is -0.402. The first-order chi connectivity index (χ1) is 13.8. The highest BCUT2D eigenvalue weighted by Crippen LogP contribution is 2.32. The Bertz CT molecular complexity index is 966. The monoisotopic (exact) mass is 417 g/mol. The summed E-state index contributed by atoms with van der Waals surface area (Å²) in [6.45, 7) is 1.84. The fourth-order valence-electron chi connectivity index (χ4n) is 2.63. The molecule has 3 rings (SSSR count). The molecule has 4 nitrogen and oxygen atoms in total. The second-order valence-electron chi connectivity index (χ2n) is 6.27. The largest absolute Gasteiger partial charge is 0.433 e. The van der Waals surface area contributed by atoms with Crippen molar-refractivity contribution in [2.75, 3.05) is 5.75 Å². The smallest absolute Gasteiger partial charge is 0.349 e. The molecule has 1 heterocycles. The van der Waals surface area contributed by atoms with Crippen molar-refractivity contribution in [1.82, 2.24) is 15.3 Å². The predicted octanol–water partition coefficient (Wildman–Crippen LogP) is 5.13. The number of rotatable bonds is 6. The fraction of sp³-hybridized carbons (Fsp3) is 0.190. The summed E-state index contributed by atoms with van der Waals surface area (Å²) < 4.78 is 39.7. The molecule has 1 atom stereocenters. The molecule has 8 heteroatoms. The first kappa shape index (κ1) is 20.9. The van der Waals surface area contributed by atoms with Crippen LogP contribution in [0.5, 0.6) is 0 Å². The molecule has 0 saturated heterocycles. The predicted molar refractivity (Wildman–Crippen MR) is 106 cm³/mol. The van der Waals surface area contributed by atoms with Crippen molar-refractivity contribution in [3.05, 3.63) is 78.0 Å². The molecule has 29 heavy (non-hydrogen) atoms. The molecule has 3 aromatic rings. The molecule has 1 amide bonds. The van der Waals surface area contributed by atoms with Gasteiger partial charge in [-0.2, -0.15) is 13.2 Å². The molecule has 1 unspecified atom stereocenters. The first-order valence-corrected chi connectivity index (χ1v) is 9.80. The van der Waals surface area contributed by atoms with E-state index in [1.165, 1.54) is 0 Å². The molecule has 1 N–H and O–H groups in total. The number of halogens is 3. The van der Waals surface area contributed by atoms with Crippen LogP contribution in [0.2, 0.25) is 0 Å². The van der Waals surface area contributed by atoms with Crippen molar-refractivity contribution in [2.45, 2.75) is 24.3 Å². The molecular formula is C21H18F3N3OS. The van der Waals surface area contributed by atoms with Crippen LogP contribution in [0.25, 0.3) is 11.3 Å². The van der Waals surface area contributed by atoms with Crippen LogP contribution in [-0.2, 0) is 11.0 Å². The average Bonchev–Trinajstić information content (AvgIpc) is 2.72. The Morgan fingerprint density at radius 3 is 2.28 bits per heavy atom. The number of thioether (sulfide) groups is 1. The number of hydrogen-bond acceptors (Lipinski definition) is 4. The quantitative estimate of drug-likeness (QED) is 0.446. The van der Waals surface area contributed by atoms with Crippen LogP contribution < -0.4 is 5.32 Å². The van der Waals surface area contributed by atoms with Crippen molar-refractivity contribution >= 4 is 17.7 Å². The summed E-state index contributed by atoms with van der Waals surface area (Å²) in [7, 11) is 0. The molecule has 2 aromatic carbocycles. The zero-order chi connectivity index (χ0) is 20.9. The number of aromatic nitrogens is 2. The lowest BCUT2D eigenvalue weighted by Gasteiger charge is -2.14. The molecule has 0 aliphatic heterocycles. The van der Waals surface area contributed by atoms with Gasteiger partial charge >= 0.3 is 6.18 Å². The lowest BCUT2D eigenvalue weighted by Crippen LogP contribution is -2.28. The minimum atomic E-state index is -4.61. The van der Waals surface area contributed by atoms with Crippen LogP contribution in [0, 0.1) is 0 Å². The highest BCUT2D eigenvalue weighted by Gasteiger charge is 2.34. The number of hydrogen-bond donors (Lipinski definition) is 1. The SMILES string of the molecule is CC(NC(=O)CSc1nc(-c2ccccc2)cc(C(F)(F)F)n1)c1ccccc1. The van der Waals surface area contributed by atoms with E-state index in [0.717, 1.165) is 23.4 Å². The number of amides is 1. The molecule has 0 radical (unpaired) electrons. The van der Waals surface area contributed by atoms with Crippen LogP contribution in [-0.4, -0.2) is 21.6 Å². The number of carbonyl (C=O) groups excluding carboxylic acids is 1. The highest BCUT2D eigenvalue weighted by atomic mass is 32.2. The number of benzene rings is 2. The average molecular weight is 417 g/mol. The third-order valence-electron chi connectivity index (χ3n) is 4.08. The summed E-state index contributed by atoms with van der Waals surface area (Å²) >= 11 is 0.871. The minimum absolute atomic E-state index is 0.0906. The highest BCUT2D eigenvalue weighted by molar-refractivity contribution is 7.99. The van der Waals surface area contributed by atoms with Gasteiger partial charge in [-0.3, -0.25) is 4.79 Å². The van der Waals surface area contributed by atoms with Gasteiger partial charge in [-0.25, -0.2) is 9.97 Å². The van der Waals surface area contributed by atoms with Crippen molar-refractivity contribution in [1.29, 1.82) is 0 Å². The zero-order valence-corrected chi connectivity index (χ0v) is 16.3. The van der Waals surface area contributed by atoms with Gasteiger partial charge in [-0.1, -0.05) is 72.4 Å². The van der Waals surface area contributed by atoms with Gasteiger partial charge in [0.15, 0.2) is 5.16 Å². The van der Waals surface area contributed by atoms with Gasteiger partial charge in [0.25, 0.3) is 0 Å². The normalized spacial score (nSPS) is 12.4. The molecule has 0 aliphatic carbocycles.